The number of anilines is 3. The van der Waals surface area contributed by atoms with Gasteiger partial charge >= 0.3 is 0 Å². The van der Waals surface area contributed by atoms with Gasteiger partial charge in [0.05, 0.1) is 6.10 Å². The molecule has 3 heterocycles. The van der Waals surface area contributed by atoms with Crippen LogP contribution >= 0.6 is 0 Å². The molecule has 0 atom stereocenters. The van der Waals surface area contributed by atoms with E-state index in [-0.39, 0.29) is 6.10 Å². The predicted octanol–water partition coefficient (Wildman–Crippen LogP) is 0.475. The zero-order valence-electron chi connectivity index (χ0n) is 11.9. The van der Waals surface area contributed by atoms with Gasteiger partial charge in [-0.05, 0) is 25.7 Å². The van der Waals surface area contributed by atoms with E-state index in [1.165, 1.54) is 12.8 Å². The van der Waals surface area contributed by atoms with E-state index in [1.54, 1.807) is 0 Å². The van der Waals surface area contributed by atoms with Crippen LogP contribution in [0.3, 0.4) is 0 Å². The van der Waals surface area contributed by atoms with Crippen molar-refractivity contribution in [1.29, 1.82) is 0 Å². The molecule has 2 aliphatic rings. The van der Waals surface area contributed by atoms with Crippen LogP contribution < -0.4 is 15.1 Å². The number of aromatic nitrogens is 3. The Morgan fingerprint density at radius 2 is 1.50 bits per heavy atom. The SMILES string of the molecule is CNc1nc(N2CCCC2)nc(N2CCC(O)CC2)n1. The first kappa shape index (κ1) is 13.4. The molecule has 0 aromatic carbocycles. The summed E-state index contributed by atoms with van der Waals surface area (Å²) in [5, 5.41) is 12.6. The van der Waals surface area contributed by atoms with Crippen molar-refractivity contribution < 1.29 is 5.11 Å². The number of hydrogen-bond acceptors (Lipinski definition) is 7. The summed E-state index contributed by atoms with van der Waals surface area (Å²) in [6.07, 6.45) is 3.77. The Kier molecular flexibility index (Phi) is 3.86. The number of nitrogens with zero attached hydrogens (tertiary/aromatic N) is 5. The summed E-state index contributed by atoms with van der Waals surface area (Å²) in [6.45, 7) is 3.64. The van der Waals surface area contributed by atoms with Crippen LogP contribution in [0.5, 0.6) is 0 Å². The number of hydrogen-bond donors (Lipinski definition) is 2. The van der Waals surface area contributed by atoms with E-state index in [2.05, 4.69) is 30.1 Å². The van der Waals surface area contributed by atoms with Crippen molar-refractivity contribution in [2.75, 3.05) is 48.3 Å². The molecule has 0 radical (unpaired) electrons. The molecule has 0 bridgehead atoms. The summed E-state index contributed by atoms with van der Waals surface area (Å²) in [4.78, 5) is 17.9. The standard InChI is InChI=1S/C13H22N6O/c1-14-11-15-12(18-6-2-3-7-18)17-13(16-11)19-8-4-10(20)5-9-19/h10,20H,2-9H2,1H3,(H,14,15,16,17). The maximum absolute atomic E-state index is 9.60. The monoisotopic (exact) mass is 278 g/mol. The molecule has 20 heavy (non-hydrogen) atoms. The van der Waals surface area contributed by atoms with Crippen molar-refractivity contribution in [1.82, 2.24) is 15.0 Å². The molecule has 3 rings (SSSR count). The fourth-order valence-electron chi connectivity index (χ4n) is 2.73. The van der Waals surface area contributed by atoms with Gasteiger partial charge in [-0.1, -0.05) is 0 Å². The van der Waals surface area contributed by atoms with E-state index in [0.29, 0.717) is 5.95 Å². The van der Waals surface area contributed by atoms with Gasteiger partial charge in [0, 0.05) is 33.2 Å². The van der Waals surface area contributed by atoms with E-state index in [4.69, 9.17) is 0 Å². The molecule has 7 heteroatoms. The highest BCUT2D eigenvalue weighted by Crippen LogP contribution is 2.22. The first-order valence-electron chi connectivity index (χ1n) is 7.38. The quantitative estimate of drug-likeness (QED) is 0.832. The number of aliphatic hydroxyl groups excluding tert-OH is 1. The molecule has 2 N–H and O–H groups in total. The maximum atomic E-state index is 9.60. The van der Waals surface area contributed by atoms with Crippen molar-refractivity contribution >= 4 is 17.8 Å². The van der Waals surface area contributed by atoms with E-state index in [1.807, 2.05) is 7.05 Å². The fraction of sp³-hybridized carbons (Fsp3) is 0.769. The third kappa shape index (κ3) is 2.77. The molecular formula is C13H22N6O. The summed E-state index contributed by atoms with van der Waals surface area (Å²) in [5.74, 6) is 2.10. The van der Waals surface area contributed by atoms with E-state index < -0.39 is 0 Å². The minimum absolute atomic E-state index is 0.185. The van der Waals surface area contributed by atoms with Gasteiger partial charge in [0.15, 0.2) is 0 Å². The van der Waals surface area contributed by atoms with E-state index in [0.717, 1.165) is 50.9 Å². The first-order chi connectivity index (χ1) is 9.76. The molecule has 110 valence electrons. The Morgan fingerprint density at radius 3 is 2.05 bits per heavy atom. The Labute approximate surface area is 119 Å². The van der Waals surface area contributed by atoms with Gasteiger partial charge in [0.25, 0.3) is 0 Å². The lowest BCUT2D eigenvalue weighted by Crippen LogP contribution is -2.37. The number of rotatable bonds is 3. The lowest BCUT2D eigenvalue weighted by Gasteiger charge is -2.30. The largest absolute Gasteiger partial charge is 0.393 e. The number of nitrogens with one attached hydrogen (secondary N) is 1. The molecule has 1 aromatic heterocycles. The van der Waals surface area contributed by atoms with Gasteiger partial charge in [0.2, 0.25) is 17.8 Å². The number of piperidine rings is 1. The second-order valence-electron chi connectivity index (χ2n) is 5.42. The van der Waals surface area contributed by atoms with Gasteiger partial charge in [-0.2, -0.15) is 15.0 Å². The summed E-state index contributed by atoms with van der Waals surface area (Å²) in [6, 6.07) is 0. The molecule has 2 aliphatic heterocycles. The van der Waals surface area contributed by atoms with Gasteiger partial charge in [-0.3, -0.25) is 0 Å². The van der Waals surface area contributed by atoms with Crippen LogP contribution in [0.4, 0.5) is 17.8 Å². The normalized spacial score (nSPS) is 20.5. The summed E-state index contributed by atoms with van der Waals surface area (Å²) in [5.41, 5.74) is 0. The second kappa shape index (κ2) is 5.78. The lowest BCUT2D eigenvalue weighted by molar-refractivity contribution is 0.145. The molecule has 0 spiro atoms. The third-order valence-electron chi connectivity index (χ3n) is 3.97. The van der Waals surface area contributed by atoms with Crippen LogP contribution in [0.2, 0.25) is 0 Å². The molecule has 0 amide bonds. The molecule has 0 unspecified atom stereocenters. The Morgan fingerprint density at radius 1 is 0.950 bits per heavy atom. The van der Waals surface area contributed by atoms with E-state index in [9.17, 15) is 5.11 Å². The average Bonchev–Trinajstić information content (AvgIpc) is 3.02. The molecule has 1 aromatic rings. The summed E-state index contributed by atoms with van der Waals surface area (Å²) < 4.78 is 0. The van der Waals surface area contributed by atoms with Crippen molar-refractivity contribution in [3.05, 3.63) is 0 Å². The van der Waals surface area contributed by atoms with Crippen molar-refractivity contribution in [2.45, 2.75) is 31.8 Å². The Bertz CT molecular complexity index is 454. The smallest absolute Gasteiger partial charge is 0.231 e. The minimum atomic E-state index is -0.185. The predicted molar refractivity (Wildman–Crippen MR) is 78.3 cm³/mol. The highest BCUT2D eigenvalue weighted by Gasteiger charge is 2.22. The van der Waals surface area contributed by atoms with Crippen LogP contribution in [0.15, 0.2) is 0 Å². The van der Waals surface area contributed by atoms with Gasteiger partial charge in [-0.25, -0.2) is 0 Å². The molecule has 2 saturated heterocycles. The van der Waals surface area contributed by atoms with Crippen molar-refractivity contribution in [3.63, 3.8) is 0 Å². The number of aliphatic hydroxyl groups is 1. The summed E-state index contributed by atoms with van der Waals surface area (Å²) >= 11 is 0. The fourth-order valence-corrected chi connectivity index (χ4v) is 2.73. The highest BCUT2D eigenvalue weighted by atomic mass is 16.3. The lowest BCUT2D eigenvalue weighted by atomic mass is 10.1. The minimum Gasteiger partial charge on any atom is -0.393 e. The molecule has 7 nitrogen and oxygen atoms in total. The summed E-state index contributed by atoms with van der Waals surface area (Å²) in [7, 11) is 1.83. The van der Waals surface area contributed by atoms with Crippen LogP contribution in [0.1, 0.15) is 25.7 Å². The molecule has 0 aliphatic carbocycles. The average molecular weight is 278 g/mol. The Hall–Kier alpha value is -1.63. The highest BCUT2D eigenvalue weighted by molar-refractivity contribution is 5.45. The van der Waals surface area contributed by atoms with Crippen LogP contribution in [0.25, 0.3) is 0 Å². The van der Waals surface area contributed by atoms with Crippen LogP contribution in [-0.4, -0.2) is 59.4 Å². The van der Waals surface area contributed by atoms with Gasteiger partial charge in [0.1, 0.15) is 0 Å². The van der Waals surface area contributed by atoms with Gasteiger partial charge in [-0.15, -0.1) is 0 Å². The second-order valence-corrected chi connectivity index (χ2v) is 5.42. The molecule has 2 fully saturated rings. The van der Waals surface area contributed by atoms with Gasteiger partial charge < -0.3 is 20.2 Å². The molecule has 0 saturated carbocycles. The van der Waals surface area contributed by atoms with Crippen molar-refractivity contribution in [2.24, 2.45) is 0 Å². The first-order valence-corrected chi connectivity index (χ1v) is 7.38. The maximum Gasteiger partial charge on any atom is 0.231 e. The van der Waals surface area contributed by atoms with E-state index >= 15 is 0 Å². The topological polar surface area (TPSA) is 77.4 Å². The van der Waals surface area contributed by atoms with Crippen LogP contribution in [0, 0.1) is 0 Å². The Balaban J connectivity index is 1.83. The zero-order chi connectivity index (χ0) is 13.9. The van der Waals surface area contributed by atoms with Crippen molar-refractivity contribution in [3.8, 4) is 0 Å². The van der Waals surface area contributed by atoms with Crippen LogP contribution in [-0.2, 0) is 0 Å². The zero-order valence-corrected chi connectivity index (χ0v) is 11.9. The molecular weight excluding hydrogens is 256 g/mol. The third-order valence-corrected chi connectivity index (χ3v) is 3.97.